The third kappa shape index (κ3) is 3.56. The van der Waals surface area contributed by atoms with E-state index < -0.39 is 0 Å². The molecular formula is C14H24N4O. The van der Waals surface area contributed by atoms with Crippen molar-refractivity contribution < 1.29 is 4.79 Å². The van der Waals surface area contributed by atoms with Crippen molar-refractivity contribution in [3.8, 4) is 0 Å². The Hall–Kier alpha value is -1.36. The topological polar surface area (TPSA) is 59.0 Å². The minimum Gasteiger partial charge on any atom is -0.349 e. The molecule has 1 saturated heterocycles. The van der Waals surface area contributed by atoms with Gasteiger partial charge >= 0.3 is 0 Å². The number of nitrogens with one attached hydrogen (secondary N) is 2. The zero-order valence-corrected chi connectivity index (χ0v) is 12.1. The first-order valence-electron chi connectivity index (χ1n) is 7.06. The maximum atomic E-state index is 12.0. The van der Waals surface area contributed by atoms with Crippen LogP contribution in [0.3, 0.4) is 0 Å². The van der Waals surface area contributed by atoms with Gasteiger partial charge in [0.15, 0.2) is 0 Å². The SMILES string of the molecule is Cc1c(C(C)NC(=O)CC2CCCNC2)cnn1C. The monoisotopic (exact) mass is 264 g/mol. The van der Waals surface area contributed by atoms with Crippen LogP contribution in [-0.4, -0.2) is 28.8 Å². The summed E-state index contributed by atoms with van der Waals surface area (Å²) in [6.07, 6.45) is 4.79. The van der Waals surface area contributed by atoms with E-state index in [1.807, 2.05) is 31.8 Å². The van der Waals surface area contributed by atoms with Gasteiger partial charge < -0.3 is 10.6 Å². The van der Waals surface area contributed by atoms with Crippen molar-refractivity contribution in [3.63, 3.8) is 0 Å². The lowest BCUT2D eigenvalue weighted by molar-refractivity contribution is -0.122. The second-order valence-corrected chi connectivity index (χ2v) is 5.51. The van der Waals surface area contributed by atoms with Gasteiger partial charge in [-0.3, -0.25) is 9.48 Å². The molecule has 1 aliphatic rings. The van der Waals surface area contributed by atoms with E-state index in [2.05, 4.69) is 15.7 Å². The molecule has 1 amide bonds. The maximum Gasteiger partial charge on any atom is 0.220 e. The van der Waals surface area contributed by atoms with Gasteiger partial charge in [-0.2, -0.15) is 5.10 Å². The van der Waals surface area contributed by atoms with Crippen LogP contribution in [0.1, 0.15) is 43.5 Å². The molecule has 19 heavy (non-hydrogen) atoms. The first kappa shape index (κ1) is 14.1. The maximum absolute atomic E-state index is 12.0. The molecule has 2 unspecified atom stereocenters. The molecule has 0 spiro atoms. The lowest BCUT2D eigenvalue weighted by Crippen LogP contribution is -2.35. The quantitative estimate of drug-likeness (QED) is 0.861. The van der Waals surface area contributed by atoms with Crippen LogP contribution in [0.4, 0.5) is 0 Å². The summed E-state index contributed by atoms with van der Waals surface area (Å²) in [6, 6.07) is 0.0257. The van der Waals surface area contributed by atoms with Crippen molar-refractivity contribution in [1.29, 1.82) is 0 Å². The number of aryl methyl sites for hydroxylation is 1. The summed E-state index contributed by atoms with van der Waals surface area (Å²) in [7, 11) is 1.92. The Labute approximate surface area is 114 Å². The Balaban J connectivity index is 1.86. The molecule has 2 rings (SSSR count). The number of carbonyl (C=O) groups is 1. The average molecular weight is 264 g/mol. The van der Waals surface area contributed by atoms with E-state index in [9.17, 15) is 4.79 Å². The van der Waals surface area contributed by atoms with Crippen LogP contribution in [0.2, 0.25) is 0 Å². The minimum absolute atomic E-state index is 0.0257. The highest BCUT2D eigenvalue weighted by Gasteiger charge is 2.19. The Morgan fingerprint density at radius 3 is 3.05 bits per heavy atom. The van der Waals surface area contributed by atoms with Crippen molar-refractivity contribution in [1.82, 2.24) is 20.4 Å². The molecule has 5 nitrogen and oxygen atoms in total. The van der Waals surface area contributed by atoms with Gasteiger partial charge in [0, 0.05) is 24.7 Å². The van der Waals surface area contributed by atoms with Crippen LogP contribution in [0, 0.1) is 12.8 Å². The van der Waals surface area contributed by atoms with Crippen LogP contribution >= 0.6 is 0 Å². The summed E-state index contributed by atoms with van der Waals surface area (Å²) in [6.45, 7) is 6.09. The first-order valence-corrected chi connectivity index (χ1v) is 7.06. The van der Waals surface area contributed by atoms with Gasteiger partial charge in [-0.1, -0.05) is 0 Å². The number of rotatable bonds is 4. The minimum atomic E-state index is 0.0257. The van der Waals surface area contributed by atoms with Gasteiger partial charge in [0.2, 0.25) is 5.91 Å². The van der Waals surface area contributed by atoms with E-state index in [0.29, 0.717) is 12.3 Å². The number of hydrogen-bond donors (Lipinski definition) is 2. The second kappa shape index (κ2) is 6.19. The lowest BCUT2D eigenvalue weighted by atomic mass is 9.95. The predicted octanol–water partition coefficient (Wildman–Crippen LogP) is 1.30. The zero-order chi connectivity index (χ0) is 13.8. The standard InChI is InChI=1S/C14H24N4O/c1-10(13-9-16-18(3)11(13)2)17-14(19)7-12-5-4-6-15-8-12/h9-10,12,15H,4-8H2,1-3H3,(H,17,19). The van der Waals surface area contributed by atoms with E-state index in [1.54, 1.807) is 0 Å². The highest BCUT2D eigenvalue weighted by Crippen LogP contribution is 2.18. The summed E-state index contributed by atoms with van der Waals surface area (Å²) in [5.74, 6) is 0.625. The number of nitrogens with zero attached hydrogens (tertiary/aromatic N) is 2. The Kier molecular flexibility index (Phi) is 4.58. The van der Waals surface area contributed by atoms with E-state index in [-0.39, 0.29) is 11.9 Å². The molecule has 2 N–H and O–H groups in total. The van der Waals surface area contributed by atoms with Crippen molar-refractivity contribution >= 4 is 5.91 Å². The fourth-order valence-corrected chi connectivity index (χ4v) is 2.68. The molecule has 1 aliphatic heterocycles. The predicted molar refractivity (Wildman–Crippen MR) is 74.7 cm³/mol. The van der Waals surface area contributed by atoms with Crippen molar-refractivity contribution in [2.45, 2.75) is 39.2 Å². The molecule has 1 aromatic heterocycles. The highest BCUT2D eigenvalue weighted by atomic mass is 16.1. The van der Waals surface area contributed by atoms with Crippen LogP contribution in [0.25, 0.3) is 0 Å². The molecule has 1 fully saturated rings. The Morgan fingerprint density at radius 2 is 2.47 bits per heavy atom. The van der Waals surface area contributed by atoms with E-state index in [4.69, 9.17) is 0 Å². The number of piperidine rings is 1. The Bertz CT molecular complexity index is 435. The summed E-state index contributed by atoms with van der Waals surface area (Å²) in [5, 5.41) is 10.6. The van der Waals surface area contributed by atoms with Crippen molar-refractivity contribution in [2.75, 3.05) is 13.1 Å². The number of hydrogen-bond acceptors (Lipinski definition) is 3. The molecule has 1 aromatic rings. The first-order chi connectivity index (χ1) is 9.08. The molecule has 0 saturated carbocycles. The number of aromatic nitrogens is 2. The highest BCUT2D eigenvalue weighted by molar-refractivity contribution is 5.76. The molecule has 5 heteroatoms. The normalized spacial score (nSPS) is 21.1. The van der Waals surface area contributed by atoms with Gasteiger partial charge in [-0.15, -0.1) is 0 Å². The summed E-state index contributed by atoms with van der Waals surface area (Å²) in [4.78, 5) is 12.0. The molecule has 0 aliphatic carbocycles. The molecule has 2 atom stereocenters. The lowest BCUT2D eigenvalue weighted by Gasteiger charge is -2.23. The fourth-order valence-electron chi connectivity index (χ4n) is 2.68. The smallest absolute Gasteiger partial charge is 0.220 e. The summed E-state index contributed by atoms with van der Waals surface area (Å²) < 4.78 is 1.84. The fraction of sp³-hybridized carbons (Fsp3) is 0.714. The average Bonchev–Trinajstić information content (AvgIpc) is 2.71. The van der Waals surface area contributed by atoms with Crippen molar-refractivity contribution in [3.05, 3.63) is 17.5 Å². The molecule has 2 heterocycles. The van der Waals surface area contributed by atoms with Gasteiger partial charge in [0.1, 0.15) is 0 Å². The van der Waals surface area contributed by atoms with E-state index >= 15 is 0 Å². The van der Waals surface area contributed by atoms with Gasteiger partial charge in [-0.25, -0.2) is 0 Å². The summed E-state index contributed by atoms with van der Waals surface area (Å²) >= 11 is 0. The third-order valence-electron chi connectivity index (χ3n) is 3.99. The van der Waals surface area contributed by atoms with Crippen LogP contribution < -0.4 is 10.6 Å². The Morgan fingerprint density at radius 1 is 1.68 bits per heavy atom. The molecular weight excluding hydrogens is 240 g/mol. The van der Waals surface area contributed by atoms with Gasteiger partial charge in [-0.05, 0) is 45.7 Å². The molecule has 0 bridgehead atoms. The van der Waals surface area contributed by atoms with Gasteiger partial charge in [0.05, 0.1) is 12.2 Å². The van der Waals surface area contributed by atoms with Crippen LogP contribution in [0.15, 0.2) is 6.20 Å². The zero-order valence-electron chi connectivity index (χ0n) is 12.1. The van der Waals surface area contributed by atoms with Crippen LogP contribution in [0.5, 0.6) is 0 Å². The van der Waals surface area contributed by atoms with Crippen molar-refractivity contribution in [2.24, 2.45) is 13.0 Å². The van der Waals surface area contributed by atoms with Gasteiger partial charge in [0.25, 0.3) is 0 Å². The van der Waals surface area contributed by atoms with E-state index in [0.717, 1.165) is 30.8 Å². The third-order valence-corrected chi connectivity index (χ3v) is 3.99. The molecule has 0 radical (unpaired) electrons. The van der Waals surface area contributed by atoms with E-state index in [1.165, 1.54) is 6.42 Å². The van der Waals surface area contributed by atoms with Crippen LogP contribution in [-0.2, 0) is 11.8 Å². The number of carbonyl (C=O) groups excluding carboxylic acids is 1. The summed E-state index contributed by atoms with van der Waals surface area (Å²) in [5.41, 5.74) is 2.20. The second-order valence-electron chi connectivity index (χ2n) is 5.51. The molecule has 106 valence electrons. The largest absolute Gasteiger partial charge is 0.349 e. The molecule has 0 aromatic carbocycles. The number of amides is 1.